The van der Waals surface area contributed by atoms with Gasteiger partial charge in [0.15, 0.2) is 0 Å². The van der Waals surface area contributed by atoms with Gasteiger partial charge in [-0.25, -0.2) is 0 Å². The van der Waals surface area contributed by atoms with E-state index in [4.69, 9.17) is 10.00 Å². The zero-order chi connectivity index (χ0) is 10.6. The largest absolute Gasteiger partial charge is 0.376 e. The van der Waals surface area contributed by atoms with Crippen LogP contribution in [0.5, 0.6) is 0 Å². The summed E-state index contributed by atoms with van der Waals surface area (Å²) in [7, 11) is 0. The van der Waals surface area contributed by atoms with Crippen LogP contribution in [0.4, 0.5) is 0 Å². The highest BCUT2D eigenvalue weighted by Crippen LogP contribution is 1.91. The highest BCUT2D eigenvalue weighted by molar-refractivity contribution is 4.87. The van der Waals surface area contributed by atoms with Crippen molar-refractivity contribution >= 4 is 0 Å². The molecule has 0 spiro atoms. The standard InChI is InChI=1S/C11H20N2O/c1-11(2)10-14-9-8-13-7-5-3-4-6-12/h13H,1,3-5,7-10H2,2H3. The molecule has 3 heteroatoms. The van der Waals surface area contributed by atoms with Crippen molar-refractivity contribution in [3.63, 3.8) is 0 Å². The van der Waals surface area contributed by atoms with Crippen molar-refractivity contribution in [3.8, 4) is 6.07 Å². The highest BCUT2D eigenvalue weighted by Gasteiger charge is 1.90. The van der Waals surface area contributed by atoms with Gasteiger partial charge in [-0.1, -0.05) is 12.2 Å². The first-order chi connectivity index (χ1) is 6.77. The predicted molar refractivity (Wildman–Crippen MR) is 58.0 cm³/mol. The van der Waals surface area contributed by atoms with Gasteiger partial charge in [0.1, 0.15) is 0 Å². The Labute approximate surface area is 86.8 Å². The summed E-state index contributed by atoms with van der Waals surface area (Å²) in [4.78, 5) is 0. The third kappa shape index (κ3) is 11.2. The van der Waals surface area contributed by atoms with E-state index in [1.54, 1.807) is 0 Å². The minimum atomic E-state index is 0.649. The highest BCUT2D eigenvalue weighted by atomic mass is 16.5. The molecule has 3 nitrogen and oxygen atoms in total. The van der Waals surface area contributed by atoms with Crippen LogP contribution < -0.4 is 5.32 Å². The van der Waals surface area contributed by atoms with Crippen LogP contribution in [-0.4, -0.2) is 26.3 Å². The average molecular weight is 196 g/mol. The van der Waals surface area contributed by atoms with E-state index in [9.17, 15) is 0 Å². The lowest BCUT2D eigenvalue weighted by molar-refractivity contribution is 0.158. The fraction of sp³-hybridized carbons (Fsp3) is 0.727. The number of unbranched alkanes of at least 4 members (excludes halogenated alkanes) is 2. The zero-order valence-electron chi connectivity index (χ0n) is 9.01. The van der Waals surface area contributed by atoms with E-state index >= 15 is 0 Å². The molecule has 0 fully saturated rings. The maximum absolute atomic E-state index is 8.29. The number of nitrogens with one attached hydrogen (secondary N) is 1. The second kappa shape index (κ2) is 10.2. The molecule has 0 aromatic rings. The third-order valence-corrected chi connectivity index (χ3v) is 1.66. The van der Waals surface area contributed by atoms with Crippen molar-refractivity contribution in [2.24, 2.45) is 0 Å². The average Bonchev–Trinajstić information content (AvgIpc) is 2.15. The summed E-state index contributed by atoms with van der Waals surface area (Å²) in [6.07, 6.45) is 2.71. The van der Waals surface area contributed by atoms with Crippen LogP contribution in [0.2, 0.25) is 0 Å². The Kier molecular flexibility index (Phi) is 9.61. The molecule has 0 bridgehead atoms. The van der Waals surface area contributed by atoms with Gasteiger partial charge in [-0.15, -0.1) is 0 Å². The van der Waals surface area contributed by atoms with Crippen LogP contribution in [0.15, 0.2) is 12.2 Å². The molecule has 0 rings (SSSR count). The van der Waals surface area contributed by atoms with Crippen molar-refractivity contribution in [3.05, 3.63) is 12.2 Å². The smallest absolute Gasteiger partial charge is 0.0672 e. The zero-order valence-corrected chi connectivity index (χ0v) is 9.01. The van der Waals surface area contributed by atoms with Crippen LogP contribution in [0, 0.1) is 11.3 Å². The lowest BCUT2D eigenvalue weighted by atomic mass is 10.2. The topological polar surface area (TPSA) is 45.0 Å². The predicted octanol–water partition coefficient (Wildman–Crippen LogP) is 1.86. The number of rotatable bonds is 9. The molecule has 0 saturated carbocycles. The number of hydrogen-bond donors (Lipinski definition) is 1. The minimum absolute atomic E-state index is 0.649. The molecule has 0 heterocycles. The first-order valence-electron chi connectivity index (χ1n) is 5.07. The molecule has 0 aliphatic rings. The van der Waals surface area contributed by atoms with Gasteiger partial charge in [0.2, 0.25) is 0 Å². The Bertz CT molecular complexity index is 184. The normalized spacial score (nSPS) is 9.71. The quantitative estimate of drug-likeness (QED) is 0.452. The molecule has 80 valence electrons. The van der Waals surface area contributed by atoms with Gasteiger partial charge >= 0.3 is 0 Å². The molecular formula is C11H20N2O. The SMILES string of the molecule is C=C(C)COCCNCCCCC#N. The molecule has 0 aliphatic carbocycles. The second-order valence-electron chi connectivity index (χ2n) is 3.37. The number of nitrogens with zero attached hydrogens (tertiary/aromatic N) is 1. The van der Waals surface area contributed by atoms with Crippen molar-refractivity contribution in [1.82, 2.24) is 5.32 Å². The van der Waals surface area contributed by atoms with Gasteiger partial charge in [0.05, 0.1) is 19.3 Å². The van der Waals surface area contributed by atoms with Gasteiger partial charge in [0, 0.05) is 13.0 Å². The first kappa shape index (κ1) is 13.2. The summed E-state index contributed by atoms with van der Waals surface area (Å²) in [6, 6.07) is 2.13. The van der Waals surface area contributed by atoms with E-state index in [2.05, 4.69) is 18.0 Å². The van der Waals surface area contributed by atoms with Gasteiger partial charge in [-0.05, 0) is 26.3 Å². The van der Waals surface area contributed by atoms with Crippen molar-refractivity contribution < 1.29 is 4.74 Å². The maximum atomic E-state index is 8.29. The van der Waals surface area contributed by atoms with Crippen LogP contribution in [0.3, 0.4) is 0 Å². The van der Waals surface area contributed by atoms with Crippen molar-refractivity contribution in [1.29, 1.82) is 5.26 Å². The summed E-state index contributed by atoms with van der Waals surface area (Å²) in [6.45, 7) is 8.92. The lowest BCUT2D eigenvalue weighted by Crippen LogP contribution is -2.21. The minimum Gasteiger partial charge on any atom is -0.376 e. The van der Waals surface area contributed by atoms with Crippen molar-refractivity contribution in [2.45, 2.75) is 26.2 Å². The van der Waals surface area contributed by atoms with E-state index in [0.29, 0.717) is 13.0 Å². The lowest BCUT2D eigenvalue weighted by Gasteiger charge is -2.05. The molecular weight excluding hydrogens is 176 g/mol. The maximum Gasteiger partial charge on any atom is 0.0672 e. The van der Waals surface area contributed by atoms with Gasteiger partial charge in [-0.2, -0.15) is 5.26 Å². The fourth-order valence-corrected chi connectivity index (χ4v) is 0.970. The number of hydrogen-bond acceptors (Lipinski definition) is 3. The molecule has 0 radical (unpaired) electrons. The Morgan fingerprint density at radius 1 is 1.43 bits per heavy atom. The van der Waals surface area contributed by atoms with Crippen LogP contribution in [0.25, 0.3) is 0 Å². The molecule has 0 saturated heterocycles. The summed E-state index contributed by atoms with van der Waals surface area (Å²) < 4.78 is 5.31. The van der Waals surface area contributed by atoms with Crippen LogP contribution in [0.1, 0.15) is 26.2 Å². The van der Waals surface area contributed by atoms with Gasteiger partial charge < -0.3 is 10.1 Å². The Morgan fingerprint density at radius 2 is 2.21 bits per heavy atom. The summed E-state index contributed by atoms with van der Waals surface area (Å²) in [5, 5.41) is 11.5. The third-order valence-electron chi connectivity index (χ3n) is 1.66. The van der Waals surface area contributed by atoms with E-state index < -0.39 is 0 Å². The molecule has 1 N–H and O–H groups in total. The van der Waals surface area contributed by atoms with Crippen molar-refractivity contribution in [2.75, 3.05) is 26.3 Å². The Hall–Kier alpha value is -0.850. The summed E-state index contributed by atoms with van der Waals surface area (Å²) in [5.74, 6) is 0. The molecule has 0 amide bonds. The fourth-order valence-electron chi connectivity index (χ4n) is 0.970. The second-order valence-corrected chi connectivity index (χ2v) is 3.37. The molecule has 0 atom stereocenters. The van der Waals surface area contributed by atoms with Gasteiger partial charge in [0.25, 0.3) is 0 Å². The number of ether oxygens (including phenoxy) is 1. The summed E-state index contributed by atoms with van der Waals surface area (Å²) >= 11 is 0. The van der Waals surface area contributed by atoms with E-state index in [0.717, 1.165) is 38.1 Å². The molecule has 0 aromatic heterocycles. The van der Waals surface area contributed by atoms with Crippen LogP contribution >= 0.6 is 0 Å². The van der Waals surface area contributed by atoms with E-state index in [1.807, 2.05) is 6.92 Å². The Morgan fingerprint density at radius 3 is 2.86 bits per heavy atom. The molecule has 0 unspecified atom stereocenters. The van der Waals surface area contributed by atoms with Crippen LogP contribution in [-0.2, 0) is 4.74 Å². The number of nitriles is 1. The molecule has 0 aliphatic heterocycles. The summed E-state index contributed by atoms with van der Waals surface area (Å²) in [5.41, 5.74) is 1.05. The Balaban J connectivity index is 2.93. The van der Waals surface area contributed by atoms with E-state index in [-0.39, 0.29) is 0 Å². The molecule has 14 heavy (non-hydrogen) atoms. The van der Waals surface area contributed by atoms with E-state index in [1.165, 1.54) is 0 Å². The van der Waals surface area contributed by atoms with Gasteiger partial charge in [-0.3, -0.25) is 0 Å². The monoisotopic (exact) mass is 196 g/mol. The molecule has 0 aromatic carbocycles. The first-order valence-corrected chi connectivity index (χ1v) is 5.07.